The predicted octanol–water partition coefficient (Wildman–Crippen LogP) is 6.74. The van der Waals surface area contributed by atoms with Crippen molar-refractivity contribution >= 4 is 21.6 Å². The fourth-order valence-corrected chi connectivity index (χ4v) is 4.42. The van der Waals surface area contributed by atoms with Crippen molar-refractivity contribution in [2.24, 2.45) is 4.99 Å². The predicted molar refractivity (Wildman–Crippen MR) is 151 cm³/mol. The van der Waals surface area contributed by atoms with Crippen LogP contribution in [0, 0.1) is 0 Å². The number of hydrogen-bond acceptors (Lipinski definition) is 5. The van der Waals surface area contributed by atoms with Gasteiger partial charge in [0.25, 0.3) is 0 Å². The minimum absolute atomic E-state index is 0.0964. The van der Waals surface area contributed by atoms with Gasteiger partial charge in [0.15, 0.2) is 0 Å². The molecule has 0 bridgehead atoms. The maximum Gasteiger partial charge on any atom is 0.122 e. The molecule has 0 aromatic heterocycles. The zero-order chi connectivity index (χ0) is 25.8. The Bertz CT molecular complexity index is 1040. The van der Waals surface area contributed by atoms with E-state index in [2.05, 4.69) is 76.9 Å². The second-order valence-corrected chi connectivity index (χ2v) is 9.96. The van der Waals surface area contributed by atoms with E-state index in [-0.39, 0.29) is 11.5 Å². The van der Waals surface area contributed by atoms with Gasteiger partial charge in [-0.3, -0.25) is 4.99 Å². The van der Waals surface area contributed by atoms with Crippen molar-refractivity contribution in [2.45, 2.75) is 59.3 Å². The Labute approximate surface area is 219 Å². The van der Waals surface area contributed by atoms with E-state index < -0.39 is 0 Å². The number of allylic oxidation sites excluding steroid dienone is 2. The Morgan fingerprint density at radius 1 is 1.03 bits per heavy atom. The summed E-state index contributed by atoms with van der Waals surface area (Å²) in [5.74, 6) is 0.259. The summed E-state index contributed by atoms with van der Waals surface area (Å²) >= 11 is 3.48. The highest BCUT2D eigenvalue weighted by atomic mass is 79.9. The molecule has 1 fully saturated rings. The number of nitrogens with zero attached hydrogens (tertiary/aromatic N) is 2. The van der Waals surface area contributed by atoms with Crippen LogP contribution >= 0.6 is 15.9 Å². The summed E-state index contributed by atoms with van der Waals surface area (Å²) in [6.45, 7) is 12.5. The zero-order valence-electron chi connectivity index (χ0n) is 21.6. The molecule has 3 N–H and O–H groups in total. The van der Waals surface area contributed by atoms with Crippen LogP contribution in [-0.2, 0) is 19.3 Å². The summed E-state index contributed by atoms with van der Waals surface area (Å²) in [6, 6.07) is 11.1. The van der Waals surface area contributed by atoms with E-state index in [9.17, 15) is 10.2 Å². The molecular weight excluding hydrogens is 502 g/mol. The number of benzene rings is 2. The quantitative estimate of drug-likeness (QED) is 0.324. The molecule has 6 heteroatoms. The molecule has 1 aliphatic rings. The Morgan fingerprint density at radius 3 is 2.29 bits per heavy atom. The van der Waals surface area contributed by atoms with Crippen LogP contribution in [0.1, 0.15) is 56.7 Å². The molecule has 3 rings (SSSR count). The van der Waals surface area contributed by atoms with E-state index in [0.717, 1.165) is 53.8 Å². The number of aliphatic imine (C=N–C) groups is 1. The standard InChI is InChI=1S/C16H17BrO2.C13H23N3/c1-2-11-9-14(17)7-5-12(11)3-4-13-6-8-15(18)10-16(13)19;1-11(2)10-13(14-4)12(3)15-16-8-6-5-7-9-16/h5-10,18-19H,2-4H2,1H3;10,15H,3,5-9H2,1-2,4H3. The molecule has 0 saturated carbocycles. The molecule has 0 radical (unpaired) electrons. The maximum absolute atomic E-state index is 9.77. The second kappa shape index (κ2) is 14.7. The first-order chi connectivity index (χ1) is 16.7. The maximum atomic E-state index is 9.77. The van der Waals surface area contributed by atoms with Gasteiger partial charge in [-0.1, -0.05) is 53.6 Å². The van der Waals surface area contributed by atoms with Gasteiger partial charge in [0.2, 0.25) is 0 Å². The summed E-state index contributed by atoms with van der Waals surface area (Å²) < 4.78 is 1.10. The molecule has 1 aliphatic heterocycles. The van der Waals surface area contributed by atoms with Gasteiger partial charge in [0.05, 0.1) is 11.4 Å². The number of piperidine rings is 1. The highest BCUT2D eigenvalue weighted by Gasteiger charge is 2.11. The van der Waals surface area contributed by atoms with Crippen molar-refractivity contribution in [2.75, 3.05) is 20.1 Å². The number of phenols is 2. The van der Waals surface area contributed by atoms with Gasteiger partial charge in [-0.25, -0.2) is 5.01 Å². The molecule has 1 saturated heterocycles. The highest BCUT2D eigenvalue weighted by molar-refractivity contribution is 9.10. The second-order valence-electron chi connectivity index (χ2n) is 9.05. The first-order valence-corrected chi connectivity index (χ1v) is 13.1. The van der Waals surface area contributed by atoms with E-state index in [1.807, 2.05) is 6.07 Å². The summed E-state index contributed by atoms with van der Waals surface area (Å²) in [5.41, 5.74) is 9.90. The van der Waals surface area contributed by atoms with Gasteiger partial charge in [-0.15, -0.1) is 0 Å². The highest BCUT2D eigenvalue weighted by Crippen LogP contribution is 2.25. The molecular formula is C29H40BrN3O2. The van der Waals surface area contributed by atoms with Crippen LogP contribution in [0.15, 0.2) is 69.8 Å². The zero-order valence-corrected chi connectivity index (χ0v) is 23.2. The third kappa shape index (κ3) is 9.90. The lowest BCUT2D eigenvalue weighted by molar-refractivity contribution is 0.179. The van der Waals surface area contributed by atoms with Crippen molar-refractivity contribution in [1.82, 2.24) is 10.4 Å². The van der Waals surface area contributed by atoms with Crippen LogP contribution in [0.25, 0.3) is 0 Å². The lowest BCUT2D eigenvalue weighted by atomic mass is 9.98. The molecule has 0 amide bonds. The van der Waals surface area contributed by atoms with Crippen LogP contribution in [0.5, 0.6) is 11.5 Å². The van der Waals surface area contributed by atoms with Crippen molar-refractivity contribution in [3.8, 4) is 11.5 Å². The monoisotopic (exact) mass is 541 g/mol. The Morgan fingerprint density at radius 2 is 1.69 bits per heavy atom. The minimum Gasteiger partial charge on any atom is -0.508 e. The summed E-state index contributed by atoms with van der Waals surface area (Å²) in [5, 5.41) is 21.3. The summed E-state index contributed by atoms with van der Waals surface area (Å²) in [4.78, 5) is 4.25. The molecule has 35 heavy (non-hydrogen) atoms. The van der Waals surface area contributed by atoms with E-state index in [4.69, 9.17) is 0 Å². The lowest BCUT2D eigenvalue weighted by Crippen LogP contribution is -2.42. The first-order valence-electron chi connectivity index (χ1n) is 12.3. The molecule has 0 aliphatic carbocycles. The third-order valence-corrected chi connectivity index (χ3v) is 6.40. The van der Waals surface area contributed by atoms with E-state index in [1.165, 1.54) is 42.0 Å². The molecule has 1 heterocycles. The summed E-state index contributed by atoms with van der Waals surface area (Å²) in [7, 11) is 1.80. The van der Waals surface area contributed by atoms with Crippen LogP contribution in [-0.4, -0.2) is 41.1 Å². The molecule has 0 unspecified atom stereocenters. The Hall–Kier alpha value is -2.57. The average Bonchev–Trinajstić information content (AvgIpc) is 2.83. The normalized spacial score (nSPS) is 14.0. The third-order valence-electron chi connectivity index (χ3n) is 5.91. The van der Waals surface area contributed by atoms with Crippen LogP contribution in [0.4, 0.5) is 0 Å². The van der Waals surface area contributed by atoms with Gasteiger partial charge >= 0.3 is 0 Å². The average molecular weight is 543 g/mol. The fourth-order valence-electron chi connectivity index (χ4n) is 4.01. The van der Waals surface area contributed by atoms with Crippen LogP contribution in [0.3, 0.4) is 0 Å². The number of rotatable bonds is 8. The first kappa shape index (κ1) is 28.7. The van der Waals surface area contributed by atoms with Crippen molar-refractivity contribution in [3.05, 3.63) is 81.5 Å². The van der Waals surface area contributed by atoms with Crippen molar-refractivity contribution in [1.29, 1.82) is 0 Å². The number of nitrogens with one attached hydrogen (secondary N) is 1. The SMILES string of the molecule is C=C(NN1CCCCC1)C(C=C(C)C)=NC.CCc1cc(Br)ccc1CCc1ccc(O)cc1O. The molecule has 0 spiro atoms. The van der Waals surface area contributed by atoms with Crippen LogP contribution < -0.4 is 5.43 Å². The number of aryl methyl sites for hydroxylation is 3. The van der Waals surface area contributed by atoms with Gasteiger partial charge in [-0.2, -0.15) is 0 Å². The van der Waals surface area contributed by atoms with Crippen LogP contribution in [0.2, 0.25) is 0 Å². The molecule has 5 nitrogen and oxygen atoms in total. The Kier molecular flexibility index (Phi) is 12.1. The van der Waals surface area contributed by atoms with Gasteiger partial charge in [0, 0.05) is 30.7 Å². The van der Waals surface area contributed by atoms with Gasteiger partial charge in [0.1, 0.15) is 11.5 Å². The van der Waals surface area contributed by atoms with E-state index >= 15 is 0 Å². The number of aromatic hydroxyl groups is 2. The number of phenolic OH excluding ortho intramolecular Hbond substituents is 2. The van der Waals surface area contributed by atoms with Gasteiger partial charge < -0.3 is 15.6 Å². The number of hydrogen-bond donors (Lipinski definition) is 3. The number of halogens is 1. The van der Waals surface area contributed by atoms with E-state index in [1.54, 1.807) is 19.2 Å². The van der Waals surface area contributed by atoms with Gasteiger partial charge in [-0.05, 0) is 86.9 Å². The van der Waals surface area contributed by atoms with E-state index in [0.29, 0.717) is 0 Å². The van der Waals surface area contributed by atoms with Crippen molar-refractivity contribution in [3.63, 3.8) is 0 Å². The topological polar surface area (TPSA) is 68.1 Å². The van der Waals surface area contributed by atoms with Crippen molar-refractivity contribution < 1.29 is 10.2 Å². The molecule has 190 valence electrons. The largest absolute Gasteiger partial charge is 0.508 e. The fraction of sp³-hybridized carbons (Fsp3) is 0.414. The molecule has 2 aromatic carbocycles. The smallest absolute Gasteiger partial charge is 0.122 e. The molecule has 0 atom stereocenters. The lowest BCUT2D eigenvalue weighted by Gasteiger charge is -2.28. The summed E-state index contributed by atoms with van der Waals surface area (Å²) in [6.07, 6.45) is 8.57. The Balaban J connectivity index is 0.000000251. The minimum atomic E-state index is 0.0964. The molecule has 2 aromatic rings. The number of hydrazine groups is 1.